The van der Waals surface area contributed by atoms with E-state index in [9.17, 15) is 14.9 Å². The molecule has 1 amide bonds. The molecule has 0 aliphatic heterocycles. The second-order valence-electron chi connectivity index (χ2n) is 4.61. The Balaban J connectivity index is 2.20. The van der Waals surface area contributed by atoms with Crippen LogP contribution in [0.3, 0.4) is 0 Å². The van der Waals surface area contributed by atoms with Crippen LogP contribution in [0.2, 0.25) is 0 Å². The first-order valence-electron chi connectivity index (χ1n) is 6.78. The molecule has 1 aromatic carbocycles. The lowest BCUT2D eigenvalue weighted by Gasteiger charge is -2.18. The quantitative estimate of drug-likeness (QED) is 0.476. The highest BCUT2D eigenvalue weighted by Crippen LogP contribution is 2.26. The molecule has 23 heavy (non-hydrogen) atoms. The number of amides is 1. The molecule has 8 heteroatoms. The zero-order valence-electron chi connectivity index (χ0n) is 12.2. The molecule has 1 N–H and O–H groups in total. The molecule has 2 aromatic rings. The number of aromatic nitrogens is 1. The smallest absolute Gasteiger partial charge is 0.273 e. The average molecular weight is 333 g/mol. The van der Waals surface area contributed by atoms with Crippen LogP contribution in [0.15, 0.2) is 42.3 Å². The summed E-state index contributed by atoms with van der Waals surface area (Å²) in [5, 5.41) is 21.9. The molecular weight excluding hydrogens is 318 g/mol. The summed E-state index contributed by atoms with van der Waals surface area (Å²) >= 11 is 1.28. The summed E-state index contributed by atoms with van der Waals surface area (Å²) < 4.78 is 0. The van der Waals surface area contributed by atoms with Crippen molar-refractivity contribution in [3.8, 4) is 10.6 Å². The van der Waals surface area contributed by atoms with Gasteiger partial charge in [-0.15, -0.1) is 17.9 Å². The van der Waals surface area contributed by atoms with Crippen molar-refractivity contribution in [2.75, 3.05) is 19.7 Å². The summed E-state index contributed by atoms with van der Waals surface area (Å²) in [4.78, 5) is 28.2. The lowest BCUT2D eigenvalue weighted by molar-refractivity contribution is -0.384. The Morgan fingerprint density at radius 2 is 2.13 bits per heavy atom. The van der Waals surface area contributed by atoms with Gasteiger partial charge in [0.15, 0.2) is 0 Å². The zero-order valence-corrected chi connectivity index (χ0v) is 13.0. The summed E-state index contributed by atoms with van der Waals surface area (Å²) in [5.41, 5.74) is 0.984. The highest BCUT2D eigenvalue weighted by molar-refractivity contribution is 7.13. The van der Waals surface area contributed by atoms with Crippen molar-refractivity contribution >= 4 is 22.9 Å². The van der Waals surface area contributed by atoms with Crippen molar-refractivity contribution in [3.63, 3.8) is 0 Å². The lowest BCUT2D eigenvalue weighted by Crippen LogP contribution is -2.33. The number of aliphatic hydroxyl groups excluding tert-OH is 1. The number of benzene rings is 1. The van der Waals surface area contributed by atoms with Gasteiger partial charge in [-0.25, -0.2) is 4.98 Å². The van der Waals surface area contributed by atoms with Crippen LogP contribution in [0.25, 0.3) is 10.6 Å². The van der Waals surface area contributed by atoms with Crippen LogP contribution in [-0.4, -0.2) is 45.5 Å². The first kappa shape index (κ1) is 16.8. The molecule has 0 atom stereocenters. The number of nitro benzene ring substituents is 1. The third-order valence-electron chi connectivity index (χ3n) is 3.05. The number of hydrogen-bond acceptors (Lipinski definition) is 6. The molecule has 120 valence electrons. The summed E-state index contributed by atoms with van der Waals surface area (Å²) in [5.74, 6) is -0.289. The van der Waals surface area contributed by atoms with Gasteiger partial charge >= 0.3 is 0 Å². The molecule has 0 aliphatic rings. The van der Waals surface area contributed by atoms with Crippen LogP contribution in [0.1, 0.15) is 10.5 Å². The maximum Gasteiger partial charge on any atom is 0.273 e. The van der Waals surface area contributed by atoms with E-state index in [1.54, 1.807) is 23.6 Å². The number of carbonyl (C=O) groups excluding carboxylic acids is 1. The van der Waals surface area contributed by atoms with Gasteiger partial charge < -0.3 is 10.0 Å². The first-order valence-corrected chi connectivity index (χ1v) is 7.66. The van der Waals surface area contributed by atoms with Crippen molar-refractivity contribution in [1.82, 2.24) is 9.88 Å². The number of thiazole rings is 1. The molecule has 0 fully saturated rings. The van der Waals surface area contributed by atoms with Crippen molar-refractivity contribution in [2.24, 2.45) is 0 Å². The number of aliphatic hydroxyl groups is 1. The Hall–Kier alpha value is -2.58. The summed E-state index contributed by atoms with van der Waals surface area (Å²) in [6, 6.07) is 5.99. The van der Waals surface area contributed by atoms with Gasteiger partial charge in [0.05, 0.1) is 11.5 Å². The Morgan fingerprint density at radius 3 is 2.70 bits per heavy atom. The van der Waals surface area contributed by atoms with Gasteiger partial charge in [-0.1, -0.05) is 6.08 Å². The lowest BCUT2D eigenvalue weighted by atomic mass is 10.2. The highest BCUT2D eigenvalue weighted by atomic mass is 32.1. The molecule has 1 heterocycles. The van der Waals surface area contributed by atoms with E-state index in [1.807, 2.05) is 0 Å². The van der Waals surface area contributed by atoms with Crippen LogP contribution < -0.4 is 0 Å². The van der Waals surface area contributed by atoms with E-state index in [1.165, 1.54) is 28.4 Å². The summed E-state index contributed by atoms with van der Waals surface area (Å²) in [6.07, 6.45) is 1.58. The SMILES string of the molecule is C=CCN(CCO)C(=O)c1csc(-c2ccc([N+](=O)[O-])cc2)n1. The van der Waals surface area contributed by atoms with Crippen LogP contribution in [0.5, 0.6) is 0 Å². The minimum atomic E-state index is -0.470. The molecule has 0 bridgehead atoms. The summed E-state index contributed by atoms with van der Waals surface area (Å²) in [6.45, 7) is 3.97. The maximum atomic E-state index is 12.3. The third-order valence-corrected chi connectivity index (χ3v) is 3.95. The number of carbonyl (C=O) groups is 1. The van der Waals surface area contributed by atoms with E-state index >= 15 is 0 Å². The predicted octanol–water partition coefficient (Wildman–Crippen LogP) is 2.34. The van der Waals surface area contributed by atoms with E-state index in [0.29, 0.717) is 17.1 Å². The topological polar surface area (TPSA) is 96.6 Å². The number of rotatable bonds is 7. The van der Waals surface area contributed by atoms with Crippen LogP contribution in [0, 0.1) is 10.1 Å². The molecule has 0 aliphatic carbocycles. The molecule has 0 saturated carbocycles. The van der Waals surface area contributed by atoms with E-state index < -0.39 is 4.92 Å². The maximum absolute atomic E-state index is 12.3. The Labute approximate surface area is 136 Å². The fourth-order valence-corrected chi connectivity index (χ4v) is 2.74. The molecule has 0 saturated heterocycles. The van der Waals surface area contributed by atoms with Gasteiger partial charge in [-0.05, 0) is 12.1 Å². The number of non-ortho nitro benzene ring substituents is 1. The van der Waals surface area contributed by atoms with Gasteiger partial charge in [-0.3, -0.25) is 14.9 Å². The van der Waals surface area contributed by atoms with Crippen molar-refractivity contribution in [1.29, 1.82) is 0 Å². The Morgan fingerprint density at radius 1 is 1.43 bits per heavy atom. The van der Waals surface area contributed by atoms with Crippen LogP contribution >= 0.6 is 11.3 Å². The predicted molar refractivity (Wildman–Crippen MR) is 87.4 cm³/mol. The number of nitro groups is 1. The van der Waals surface area contributed by atoms with Gasteiger partial charge in [0.2, 0.25) is 0 Å². The Kier molecular flexibility index (Phi) is 5.56. The molecular formula is C15H15N3O4S. The van der Waals surface area contributed by atoms with Crippen LogP contribution in [0.4, 0.5) is 5.69 Å². The molecule has 2 rings (SSSR count). The first-order chi connectivity index (χ1) is 11.1. The van der Waals surface area contributed by atoms with Crippen molar-refractivity contribution in [2.45, 2.75) is 0 Å². The van der Waals surface area contributed by atoms with Gasteiger partial charge in [0, 0.05) is 36.2 Å². The Bertz CT molecular complexity index is 712. The monoisotopic (exact) mass is 333 g/mol. The molecule has 0 unspecified atom stereocenters. The largest absolute Gasteiger partial charge is 0.395 e. The standard InChI is InChI=1S/C15H15N3O4S/c1-2-7-17(8-9-19)15(20)13-10-23-14(16-13)11-3-5-12(6-4-11)18(21)22/h2-6,10,19H,1,7-9H2. The second-order valence-corrected chi connectivity index (χ2v) is 5.46. The fraction of sp³-hybridized carbons (Fsp3) is 0.200. The minimum Gasteiger partial charge on any atom is -0.395 e. The zero-order chi connectivity index (χ0) is 16.8. The van der Waals surface area contributed by atoms with E-state index in [2.05, 4.69) is 11.6 Å². The number of nitrogens with zero attached hydrogens (tertiary/aromatic N) is 3. The average Bonchev–Trinajstić information content (AvgIpc) is 3.04. The van der Waals surface area contributed by atoms with E-state index in [-0.39, 0.29) is 30.4 Å². The molecule has 0 radical (unpaired) electrons. The second kappa shape index (κ2) is 7.61. The summed E-state index contributed by atoms with van der Waals surface area (Å²) in [7, 11) is 0. The molecule has 1 aromatic heterocycles. The van der Waals surface area contributed by atoms with Crippen LogP contribution in [-0.2, 0) is 0 Å². The third kappa shape index (κ3) is 3.99. The minimum absolute atomic E-state index is 0.00158. The molecule has 7 nitrogen and oxygen atoms in total. The number of hydrogen-bond donors (Lipinski definition) is 1. The van der Waals surface area contributed by atoms with Gasteiger partial charge in [0.1, 0.15) is 10.7 Å². The van der Waals surface area contributed by atoms with E-state index in [0.717, 1.165) is 0 Å². The normalized spacial score (nSPS) is 10.3. The van der Waals surface area contributed by atoms with Gasteiger partial charge in [0.25, 0.3) is 11.6 Å². The van der Waals surface area contributed by atoms with Crippen molar-refractivity contribution in [3.05, 3.63) is 58.1 Å². The van der Waals surface area contributed by atoms with Gasteiger partial charge in [-0.2, -0.15) is 0 Å². The van der Waals surface area contributed by atoms with E-state index in [4.69, 9.17) is 5.11 Å². The highest BCUT2D eigenvalue weighted by Gasteiger charge is 2.18. The molecule has 0 spiro atoms. The fourth-order valence-electron chi connectivity index (χ4n) is 1.94. The van der Waals surface area contributed by atoms with Crippen molar-refractivity contribution < 1.29 is 14.8 Å².